The Morgan fingerprint density at radius 1 is 1.36 bits per heavy atom. The number of benzene rings is 1. The van der Waals surface area contributed by atoms with Gasteiger partial charge in [-0.15, -0.1) is 11.8 Å². The molecule has 0 saturated heterocycles. The molecule has 0 radical (unpaired) electrons. The lowest BCUT2D eigenvalue weighted by atomic mass is 10.2. The van der Waals surface area contributed by atoms with Crippen molar-refractivity contribution in [1.29, 1.82) is 0 Å². The van der Waals surface area contributed by atoms with E-state index in [0.717, 1.165) is 18.7 Å². The Balaban J connectivity index is 2.55. The third kappa shape index (κ3) is 3.70. The van der Waals surface area contributed by atoms with E-state index in [1.807, 2.05) is 18.8 Å². The molecule has 0 atom stereocenters. The average molecular weight is 211 g/mol. The Labute approximate surface area is 89.7 Å². The molecule has 1 aromatic carbocycles. The third-order valence-corrected chi connectivity index (χ3v) is 3.10. The summed E-state index contributed by atoms with van der Waals surface area (Å²) in [6.45, 7) is 1.18. The van der Waals surface area contributed by atoms with E-state index in [1.165, 1.54) is 10.5 Å². The average Bonchev–Trinajstić information content (AvgIpc) is 2.21. The van der Waals surface area contributed by atoms with E-state index in [2.05, 4.69) is 29.6 Å². The first kappa shape index (κ1) is 11.6. The molecule has 0 spiro atoms. The molecule has 3 heteroatoms. The molecule has 1 aromatic rings. The fourth-order valence-corrected chi connectivity index (χ4v) is 2.22. The first-order valence-corrected chi connectivity index (χ1v) is 5.83. The fourth-order valence-electron chi connectivity index (χ4n) is 1.23. The van der Waals surface area contributed by atoms with Crippen LogP contribution in [0.4, 0.5) is 0 Å². The van der Waals surface area contributed by atoms with E-state index < -0.39 is 0 Å². The lowest BCUT2D eigenvalue weighted by Gasteiger charge is -2.07. The molecule has 2 nitrogen and oxygen atoms in total. The molecule has 0 aliphatic rings. The molecule has 14 heavy (non-hydrogen) atoms. The molecule has 0 amide bonds. The second kappa shape index (κ2) is 6.87. The van der Waals surface area contributed by atoms with E-state index in [-0.39, 0.29) is 6.61 Å². The Kier molecular flexibility index (Phi) is 5.68. The minimum Gasteiger partial charge on any atom is -0.396 e. The van der Waals surface area contributed by atoms with Crippen molar-refractivity contribution in [2.45, 2.75) is 17.9 Å². The molecular weight excluding hydrogens is 194 g/mol. The van der Waals surface area contributed by atoms with Crippen molar-refractivity contribution in [2.75, 3.05) is 19.4 Å². The Morgan fingerprint density at radius 2 is 2.14 bits per heavy atom. The van der Waals surface area contributed by atoms with Crippen LogP contribution in [0.1, 0.15) is 12.0 Å². The van der Waals surface area contributed by atoms with Gasteiger partial charge in [-0.1, -0.05) is 18.2 Å². The van der Waals surface area contributed by atoms with E-state index in [4.69, 9.17) is 5.11 Å². The van der Waals surface area contributed by atoms with Crippen LogP contribution < -0.4 is 5.32 Å². The zero-order valence-electron chi connectivity index (χ0n) is 8.49. The van der Waals surface area contributed by atoms with Crippen LogP contribution in [0.15, 0.2) is 29.2 Å². The summed E-state index contributed by atoms with van der Waals surface area (Å²) in [4.78, 5) is 1.32. The largest absolute Gasteiger partial charge is 0.396 e. The van der Waals surface area contributed by atoms with Gasteiger partial charge in [-0.3, -0.25) is 0 Å². The van der Waals surface area contributed by atoms with Crippen molar-refractivity contribution in [1.82, 2.24) is 5.32 Å². The van der Waals surface area contributed by atoms with E-state index in [0.29, 0.717) is 0 Å². The normalized spacial score (nSPS) is 10.4. The topological polar surface area (TPSA) is 32.3 Å². The van der Waals surface area contributed by atoms with Crippen LogP contribution in [0, 0.1) is 0 Å². The Hall–Kier alpha value is -0.510. The molecule has 0 aliphatic heterocycles. The molecule has 2 N–H and O–H groups in total. The summed E-state index contributed by atoms with van der Waals surface area (Å²) in [5, 5.41) is 11.8. The maximum atomic E-state index is 8.69. The summed E-state index contributed by atoms with van der Waals surface area (Å²) in [6.07, 6.45) is 0.860. The fraction of sp³-hybridized carbons (Fsp3) is 0.455. The summed E-state index contributed by atoms with van der Waals surface area (Å²) in [6, 6.07) is 8.38. The predicted octanol–water partition coefficient (Wildman–Crippen LogP) is 1.88. The van der Waals surface area contributed by atoms with Gasteiger partial charge in [-0.25, -0.2) is 0 Å². The van der Waals surface area contributed by atoms with Crippen molar-refractivity contribution in [2.24, 2.45) is 0 Å². The lowest BCUT2D eigenvalue weighted by molar-refractivity contribution is 0.296. The number of rotatable bonds is 6. The number of thioether (sulfide) groups is 1. The summed E-state index contributed by atoms with van der Waals surface area (Å²) in [7, 11) is 1.95. The van der Waals surface area contributed by atoms with E-state index >= 15 is 0 Å². The molecular formula is C11H17NOS. The number of aliphatic hydroxyl groups excluding tert-OH is 1. The highest BCUT2D eigenvalue weighted by Crippen LogP contribution is 2.22. The van der Waals surface area contributed by atoms with Gasteiger partial charge in [0.15, 0.2) is 0 Å². The maximum absolute atomic E-state index is 8.69. The quantitative estimate of drug-likeness (QED) is 0.556. The zero-order valence-corrected chi connectivity index (χ0v) is 9.31. The second-order valence-electron chi connectivity index (χ2n) is 3.06. The molecule has 0 saturated carbocycles. The Bertz CT molecular complexity index is 265. The summed E-state index contributed by atoms with van der Waals surface area (Å²) in [5.41, 5.74) is 1.33. The smallest absolute Gasteiger partial charge is 0.0439 e. The van der Waals surface area contributed by atoms with Crippen LogP contribution >= 0.6 is 11.8 Å². The highest BCUT2D eigenvalue weighted by Gasteiger charge is 2.00. The van der Waals surface area contributed by atoms with Crippen LogP contribution in [-0.2, 0) is 6.54 Å². The van der Waals surface area contributed by atoms with Gasteiger partial charge in [0.05, 0.1) is 0 Å². The van der Waals surface area contributed by atoms with Crippen LogP contribution in [0.2, 0.25) is 0 Å². The first-order chi connectivity index (χ1) is 6.88. The molecule has 0 heterocycles. The summed E-state index contributed by atoms with van der Waals surface area (Å²) in [5.74, 6) is 0.983. The van der Waals surface area contributed by atoms with Crippen LogP contribution in [0.3, 0.4) is 0 Å². The number of hydrogen-bond acceptors (Lipinski definition) is 3. The number of nitrogens with one attached hydrogen (secondary N) is 1. The van der Waals surface area contributed by atoms with Crippen molar-refractivity contribution < 1.29 is 5.11 Å². The van der Waals surface area contributed by atoms with Crippen molar-refractivity contribution >= 4 is 11.8 Å². The maximum Gasteiger partial charge on any atom is 0.0439 e. The number of aliphatic hydroxyl groups is 1. The van der Waals surface area contributed by atoms with Crippen molar-refractivity contribution in [3.8, 4) is 0 Å². The second-order valence-corrected chi connectivity index (χ2v) is 4.20. The first-order valence-electron chi connectivity index (χ1n) is 4.84. The molecule has 0 aromatic heterocycles. The summed E-state index contributed by atoms with van der Waals surface area (Å²) < 4.78 is 0. The van der Waals surface area contributed by atoms with Crippen LogP contribution in [-0.4, -0.2) is 24.5 Å². The molecule has 78 valence electrons. The van der Waals surface area contributed by atoms with E-state index in [1.54, 1.807) is 0 Å². The molecule has 0 bridgehead atoms. The highest BCUT2D eigenvalue weighted by molar-refractivity contribution is 7.99. The zero-order chi connectivity index (χ0) is 10.2. The van der Waals surface area contributed by atoms with Crippen LogP contribution in [0.25, 0.3) is 0 Å². The molecule has 1 rings (SSSR count). The Morgan fingerprint density at radius 3 is 2.86 bits per heavy atom. The minimum atomic E-state index is 0.279. The highest BCUT2D eigenvalue weighted by atomic mass is 32.2. The van der Waals surface area contributed by atoms with Gasteiger partial charge >= 0.3 is 0 Å². The predicted molar refractivity (Wildman–Crippen MR) is 61.6 cm³/mol. The van der Waals surface area contributed by atoms with Gasteiger partial charge < -0.3 is 10.4 Å². The SMILES string of the molecule is CNCc1ccccc1SCCCO. The van der Waals surface area contributed by atoms with Crippen molar-refractivity contribution in [3.63, 3.8) is 0 Å². The van der Waals surface area contributed by atoms with Gasteiger partial charge in [0.25, 0.3) is 0 Å². The molecule has 0 unspecified atom stereocenters. The minimum absolute atomic E-state index is 0.279. The number of hydrogen-bond donors (Lipinski definition) is 2. The summed E-state index contributed by atoms with van der Waals surface area (Å²) >= 11 is 1.81. The van der Waals surface area contributed by atoms with Crippen LogP contribution in [0.5, 0.6) is 0 Å². The van der Waals surface area contributed by atoms with Gasteiger partial charge in [-0.2, -0.15) is 0 Å². The third-order valence-electron chi connectivity index (χ3n) is 1.90. The monoisotopic (exact) mass is 211 g/mol. The lowest BCUT2D eigenvalue weighted by Crippen LogP contribution is -2.06. The van der Waals surface area contributed by atoms with E-state index in [9.17, 15) is 0 Å². The standard InChI is InChI=1S/C11H17NOS/c1-12-9-10-5-2-3-6-11(10)14-8-4-7-13/h2-3,5-6,12-13H,4,7-9H2,1H3. The molecule has 0 fully saturated rings. The van der Waals surface area contributed by atoms with Gasteiger partial charge in [0.1, 0.15) is 0 Å². The van der Waals surface area contributed by atoms with Crippen molar-refractivity contribution in [3.05, 3.63) is 29.8 Å². The van der Waals surface area contributed by atoms with Gasteiger partial charge in [0.2, 0.25) is 0 Å². The van der Waals surface area contributed by atoms with Gasteiger partial charge in [0, 0.05) is 23.8 Å². The molecule has 0 aliphatic carbocycles. The van der Waals surface area contributed by atoms with Gasteiger partial charge in [-0.05, 0) is 25.1 Å².